The molecule has 1 unspecified atom stereocenters. The van der Waals surface area contributed by atoms with Crippen LogP contribution in [-0.2, 0) is 19.2 Å². The summed E-state index contributed by atoms with van der Waals surface area (Å²) in [5.41, 5.74) is 0. The van der Waals surface area contributed by atoms with Gasteiger partial charge >= 0.3 is 11.9 Å². The Kier molecular flexibility index (Phi) is 5.34. The first kappa shape index (κ1) is 15.0. The van der Waals surface area contributed by atoms with Gasteiger partial charge in [-0.05, 0) is 12.8 Å². The molecule has 1 atom stereocenters. The highest BCUT2D eigenvalue weighted by atomic mass is 16.8. The summed E-state index contributed by atoms with van der Waals surface area (Å²) >= 11 is 0. The van der Waals surface area contributed by atoms with E-state index in [4.69, 9.17) is 5.11 Å². The number of hydrogen-bond donors (Lipinski definition) is 1. The number of esters is 1. The van der Waals surface area contributed by atoms with Crippen molar-refractivity contribution in [2.24, 2.45) is 11.2 Å². The molecular formula is C10H17N3O6. The highest BCUT2D eigenvalue weighted by Crippen LogP contribution is 2.17. The number of ether oxygens (including phenoxy) is 1. The van der Waals surface area contributed by atoms with Crippen LogP contribution in [0.15, 0.2) is 5.28 Å². The normalized spacial score (nSPS) is 18.8. The largest absolute Gasteiger partial charge is 0.569 e. The molecule has 1 fully saturated rings. The topological polar surface area (TPSA) is 114 Å². The van der Waals surface area contributed by atoms with Crippen LogP contribution in [0, 0.1) is 11.1 Å². The van der Waals surface area contributed by atoms with Crippen LogP contribution in [-0.4, -0.2) is 46.4 Å². The van der Waals surface area contributed by atoms with E-state index in [1.165, 1.54) is 18.9 Å². The highest BCUT2D eigenvalue weighted by molar-refractivity contribution is 5.70. The lowest BCUT2D eigenvalue weighted by Crippen LogP contribution is -2.40. The molecule has 0 saturated carbocycles. The molecule has 1 saturated heterocycles. The maximum absolute atomic E-state index is 11.5. The minimum absolute atomic E-state index is 0.248. The molecular weight excluding hydrogens is 258 g/mol. The fourth-order valence-electron chi connectivity index (χ4n) is 1.70. The quantitative estimate of drug-likeness (QED) is 0.255. The van der Waals surface area contributed by atoms with Gasteiger partial charge in [-0.25, -0.2) is 0 Å². The van der Waals surface area contributed by atoms with E-state index in [0.717, 1.165) is 0 Å². The van der Waals surface area contributed by atoms with Crippen LogP contribution < -0.4 is 0 Å². The Labute approximate surface area is 109 Å². The zero-order valence-corrected chi connectivity index (χ0v) is 10.8. The number of carboxylic acid groups (broad SMARTS) is 1. The van der Waals surface area contributed by atoms with Crippen LogP contribution in [0.2, 0.25) is 0 Å². The van der Waals surface area contributed by atoms with Crippen molar-refractivity contribution in [3.63, 3.8) is 0 Å². The standard InChI is InChI=1S/C10H17N3O6/c1-7(14)18-8(2)19-11-13(17)12-5-3-9(4-6-12)10(15)16/h8-9H,3-6H2,1-2H3,(H,15,16)/b13-11-. The molecule has 1 rings (SSSR count). The summed E-state index contributed by atoms with van der Waals surface area (Å²) in [5.74, 6) is -1.82. The van der Waals surface area contributed by atoms with E-state index in [0.29, 0.717) is 12.8 Å². The second-order valence-corrected chi connectivity index (χ2v) is 4.18. The molecule has 1 aliphatic rings. The first-order chi connectivity index (χ1) is 8.90. The van der Waals surface area contributed by atoms with E-state index in [-0.39, 0.29) is 18.1 Å². The second-order valence-electron chi connectivity index (χ2n) is 4.18. The fourth-order valence-corrected chi connectivity index (χ4v) is 1.70. The molecule has 9 nitrogen and oxygen atoms in total. The predicted molar refractivity (Wildman–Crippen MR) is 60.3 cm³/mol. The van der Waals surface area contributed by atoms with E-state index in [1.807, 2.05) is 0 Å². The van der Waals surface area contributed by atoms with Gasteiger partial charge in [0.05, 0.1) is 24.0 Å². The molecule has 0 bridgehead atoms. The number of rotatable bonds is 5. The van der Waals surface area contributed by atoms with E-state index >= 15 is 0 Å². The molecule has 0 aromatic rings. The lowest BCUT2D eigenvalue weighted by molar-refractivity contribution is -0.715. The van der Waals surface area contributed by atoms with Crippen molar-refractivity contribution in [3.8, 4) is 0 Å². The van der Waals surface area contributed by atoms with Crippen LogP contribution >= 0.6 is 0 Å². The molecule has 0 aromatic heterocycles. The average Bonchev–Trinajstić information content (AvgIpc) is 2.35. The van der Waals surface area contributed by atoms with Crippen LogP contribution in [0.3, 0.4) is 0 Å². The van der Waals surface area contributed by atoms with Gasteiger partial charge in [0.1, 0.15) is 0 Å². The third kappa shape index (κ3) is 4.98. The molecule has 0 spiro atoms. The first-order valence-electron chi connectivity index (χ1n) is 5.89. The Hall–Kier alpha value is -2.06. The number of hydrogen-bond acceptors (Lipinski definition) is 6. The molecule has 1 heterocycles. The summed E-state index contributed by atoms with van der Waals surface area (Å²) in [5, 5.41) is 24.9. The van der Waals surface area contributed by atoms with E-state index in [9.17, 15) is 14.8 Å². The van der Waals surface area contributed by atoms with Gasteiger partial charge in [-0.3, -0.25) is 14.4 Å². The Morgan fingerprint density at radius 2 is 2.05 bits per heavy atom. The van der Waals surface area contributed by atoms with Gasteiger partial charge in [-0.15, -0.1) is 5.01 Å². The highest BCUT2D eigenvalue weighted by Gasteiger charge is 2.28. The van der Waals surface area contributed by atoms with Crippen LogP contribution in [0.4, 0.5) is 0 Å². The molecule has 0 aliphatic carbocycles. The third-order valence-electron chi connectivity index (χ3n) is 2.66. The van der Waals surface area contributed by atoms with Gasteiger partial charge in [0, 0.05) is 13.8 Å². The third-order valence-corrected chi connectivity index (χ3v) is 2.66. The van der Waals surface area contributed by atoms with Crippen molar-refractivity contribution in [1.29, 1.82) is 0 Å². The van der Waals surface area contributed by atoms with Crippen LogP contribution in [0.5, 0.6) is 0 Å². The van der Waals surface area contributed by atoms with Crippen molar-refractivity contribution in [1.82, 2.24) is 5.01 Å². The van der Waals surface area contributed by atoms with Gasteiger partial charge < -0.3 is 15.1 Å². The van der Waals surface area contributed by atoms with Gasteiger partial charge in [-0.1, -0.05) is 0 Å². The first-order valence-corrected chi connectivity index (χ1v) is 5.89. The van der Waals surface area contributed by atoms with Gasteiger partial charge in [0.15, 0.2) is 0 Å². The molecule has 108 valence electrons. The Bertz CT molecular complexity index is 364. The number of piperidine rings is 1. The second kappa shape index (κ2) is 6.76. The number of hydrazine groups is 1. The summed E-state index contributed by atoms with van der Waals surface area (Å²) in [6.07, 6.45) is -0.197. The maximum atomic E-state index is 11.5. The number of nitrogens with zero attached hydrogens (tertiary/aromatic N) is 3. The summed E-state index contributed by atoms with van der Waals surface area (Å²) in [6, 6.07) is 0. The van der Waals surface area contributed by atoms with Crippen LogP contribution in [0.25, 0.3) is 0 Å². The Morgan fingerprint density at radius 1 is 1.47 bits per heavy atom. The van der Waals surface area contributed by atoms with Gasteiger partial charge in [-0.2, -0.15) is 0 Å². The predicted octanol–water partition coefficient (Wildman–Crippen LogP) is 0.501. The zero-order chi connectivity index (χ0) is 14.4. The number of carbonyl (C=O) groups excluding carboxylic acids is 1. The molecule has 19 heavy (non-hydrogen) atoms. The molecule has 1 aliphatic heterocycles. The summed E-state index contributed by atoms with van der Waals surface area (Å²) in [6.45, 7) is 3.21. The van der Waals surface area contributed by atoms with E-state index in [1.54, 1.807) is 0 Å². The van der Waals surface area contributed by atoms with E-state index in [2.05, 4.69) is 14.9 Å². The van der Waals surface area contributed by atoms with Crippen LogP contribution in [0.1, 0.15) is 26.7 Å². The molecule has 0 amide bonds. The monoisotopic (exact) mass is 275 g/mol. The molecule has 9 heteroatoms. The molecule has 1 N–H and O–H groups in total. The Morgan fingerprint density at radius 3 is 2.53 bits per heavy atom. The summed E-state index contributed by atoms with van der Waals surface area (Å²) in [7, 11) is 0. The fraction of sp³-hybridized carbons (Fsp3) is 0.800. The van der Waals surface area contributed by atoms with Gasteiger partial charge in [0.2, 0.25) is 5.28 Å². The number of carbonyl (C=O) groups is 2. The summed E-state index contributed by atoms with van der Waals surface area (Å²) in [4.78, 5) is 26.3. The van der Waals surface area contributed by atoms with Crippen molar-refractivity contribution in [2.75, 3.05) is 13.1 Å². The zero-order valence-electron chi connectivity index (χ0n) is 10.8. The lowest BCUT2D eigenvalue weighted by atomic mass is 9.98. The van der Waals surface area contributed by atoms with Crippen molar-refractivity contribution in [2.45, 2.75) is 33.0 Å². The number of aliphatic carboxylic acids is 1. The maximum Gasteiger partial charge on any atom is 0.306 e. The van der Waals surface area contributed by atoms with Crippen molar-refractivity contribution < 1.29 is 29.2 Å². The minimum atomic E-state index is -0.953. The SMILES string of the molecule is CC(=O)OC(C)O/N=[N+](\[O-])N1CCC(C(=O)O)CC1. The molecule has 0 radical (unpaired) electrons. The van der Waals surface area contributed by atoms with Crippen molar-refractivity contribution >= 4 is 11.9 Å². The lowest BCUT2D eigenvalue weighted by Gasteiger charge is -2.25. The smallest absolute Gasteiger partial charge is 0.306 e. The van der Waals surface area contributed by atoms with E-state index < -0.39 is 24.1 Å². The number of carboxylic acids is 1. The summed E-state index contributed by atoms with van der Waals surface area (Å²) < 4.78 is 4.62. The van der Waals surface area contributed by atoms with Gasteiger partial charge in [0.25, 0.3) is 6.29 Å². The van der Waals surface area contributed by atoms with Crippen molar-refractivity contribution in [3.05, 3.63) is 5.21 Å². The Balaban J connectivity index is 2.39. The average molecular weight is 275 g/mol. The minimum Gasteiger partial charge on any atom is -0.569 e. The molecule has 0 aromatic carbocycles.